The number of aryl methyl sites for hydroxylation is 2. The minimum atomic E-state index is -0.0236. The first-order chi connectivity index (χ1) is 13.1. The number of carbonyl (C=O) groups is 1. The van der Waals surface area contributed by atoms with E-state index in [4.69, 9.17) is 8.94 Å². The zero-order valence-corrected chi connectivity index (χ0v) is 15.6. The zero-order valence-electron chi connectivity index (χ0n) is 15.6. The number of benzene rings is 1. The lowest BCUT2D eigenvalue weighted by Gasteiger charge is -2.34. The lowest BCUT2D eigenvalue weighted by Crippen LogP contribution is -2.39. The van der Waals surface area contributed by atoms with Crippen molar-refractivity contribution in [2.24, 2.45) is 0 Å². The Balaban J connectivity index is 1.53. The van der Waals surface area contributed by atoms with Crippen molar-refractivity contribution in [1.29, 1.82) is 0 Å². The predicted molar refractivity (Wildman–Crippen MR) is 99.9 cm³/mol. The van der Waals surface area contributed by atoms with Gasteiger partial charge in [0.25, 0.3) is 0 Å². The van der Waals surface area contributed by atoms with Gasteiger partial charge in [-0.05, 0) is 45.2 Å². The predicted octanol–water partition coefficient (Wildman–Crippen LogP) is 4.24. The summed E-state index contributed by atoms with van der Waals surface area (Å²) in [6.45, 7) is 4.46. The molecule has 0 spiro atoms. The minimum Gasteiger partial charge on any atom is -0.441 e. The molecular formula is C21H23N3O3. The Bertz CT molecular complexity index is 929. The van der Waals surface area contributed by atoms with Gasteiger partial charge in [-0.1, -0.05) is 23.4 Å². The van der Waals surface area contributed by atoms with Crippen molar-refractivity contribution in [2.45, 2.75) is 45.6 Å². The summed E-state index contributed by atoms with van der Waals surface area (Å²) in [5, 5.41) is 4.14. The Morgan fingerprint density at radius 3 is 2.78 bits per heavy atom. The molecule has 140 valence electrons. The van der Waals surface area contributed by atoms with Crippen molar-refractivity contribution in [2.75, 3.05) is 6.54 Å². The Morgan fingerprint density at radius 2 is 2.04 bits per heavy atom. The van der Waals surface area contributed by atoms with Gasteiger partial charge >= 0.3 is 0 Å². The molecule has 4 rings (SSSR count). The largest absolute Gasteiger partial charge is 0.441 e. The highest BCUT2D eigenvalue weighted by molar-refractivity contribution is 5.79. The van der Waals surface area contributed by atoms with E-state index >= 15 is 0 Å². The summed E-state index contributed by atoms with van der Waals surface area (Å²) in [6.07, 6.45) is 3.23. The molecule has 3 aromatic rings. The fraction of sp³-hybridized carbons (Fsp3) is 0.381. The lowest BCUT2D eigenvalue weighted by molar-refractivity contribution is -0.134. The monoisotopic (exact) mass is 365 g/mol. The van der Waals surface area contributed by atoms with Crippen LogP contribution < -0.4 is 0 Å². The van der Waals surface area contributed by atoms with E-state index in [9.17, 15) is 4.79 Å². The maximum atomic E-state index is 13.0. The third-order valence-electron chi connectivity index (χ3n) is 5.04. The fourth-order valence-electron chi connectivity index (χ4n) is 3.62. The average molecular weight is 365 g/mol. The Morgan fingerprint density at radius 1 is 1.22 bits per heavy atom. The van der Waals surface area contributed by atoms with Gasteiger partial charge in [-0.25, -0.2) is 4.98 Å². The number of oxazole rings is 1. The third kappa shape index (κ3) is 3.65. The van der Waals surface area contributed by atoms with Crippen LogP contribution in [-0.2, 0) is 11.2 Å². The van der Waals surface area contributed by atoms with Crippen LogP contribution in [0.25, 0.3) is 11.5 Å². The van der Waals surface area contributed by atoms with Crippen LogP contribution in [0.4, 0.5) is 0 Å². The van der Waals surface area contributed by atoms with Gasteiger partial charge in [-0.15, -0.1) is 0 Å². The van der Waals surface area contributed by atoms with E-state index in [0.717, 1.165) is 42.8 Å². The van der Waals surface area contributed by atoms with Crippen LogP contribution in [0.2, 0.25) is 0 Å². The fourth-order valence-corrected chi connectivity index (χ4v) is 3.62. The summed E-state index contributed by atoms with van der Waals surface area (Å²) >= 11 is 0. The molecule has 0 unspecified atom stereocenters. The highest BCUT2D eigenvalue weighted by Gasteiger charge is 2.31. The number of hydrogen-bond donors (Lipinski definition) is 0. The van der Waals surface area contributed by atoms with E-state index in [2.05, 4.69) is 10.1 Å². The molecular weight excluding hydrogens is 342 g/mol. The van der Waals surface area contributed by atoms with Gasteiger partial charge in [0.05, 0.1) is 18.2 Å². The van der Waals surface area contributed by atoms with Crippen LogP contribution in [0.3, 0.4) is 0 Å². The zero-order chi connectivity index (χ0) is 18.8. The van der Waals surface area contributed by atoms with Crippen molar-refractivity contribution >= 4 is 5.91 Å². The second kappa shape index (κ2) is 7.39. The molecule has 1 atom stereocenters. The SMILES string of the molecule is Cc1cc([C@@H]2CCCCN2C(=O)Cc2nc(-c3ccccc3)oc2C)no1. The minimum absolute atomic E-state index is 0.0236. The first-order valence-corrected chi connectivity index (χ1v) is 9.36. The molecule has 0 radical (unpaired) electrons. The number of nitrogens with zero attached hydrogens (tertiary/aromatic N) is 3. The molecule has 0 bridgehead atoms. The summed E-state index contributed by atoms with van der Waals surface area (Å²) in [5.41, 5.74) is 2.44. The van der Waals surface area contributed by atoms with Crippen LogP contribution in [0.1, 0.15) is 48.2 Å². The molecule has 1 aromatic carbocycles. The molecule has 1 aliphatic rings. The molecule has 3 heterocycles. The molecule has 1 saturated heterocycles. The Kier molecular flexibility index (Phi) is 4.79. The Labute approximate surface area is 158 Å². The summed E-state index contributed by atoms with van der Waals surface area (Å²) in [7, 11) is 0. The number of piperidine rings is 1. The van der Waals surface area contributed by atoms with Crippen molar-refractivity contribution in [3.05, 3.63) is 59.3 Å². The van der Waals surface area contributed by atoms with Crippen molar-refractivity contribution in [3.63, 3.8) is 0 Å². The van der Waals surface area contributed by atoms with Crippen LogP contribution >= 0.6 is 0 Å². The second-order valence-electron chi connectivity index (χ2n) is 7.03. The molecule has 0 saturated carbocycles. The van der Waals surface area contributed by atoms with Crippen LogP contribution in [0.5, 0.6) is 0 Å². The van der Waals surface area contributed by atoms with E-state index in [1.165, 1.54) is 0 Å². The second-order valence-corrected chi connectivity index (χ2v) is 7.03. The van der Waals surface area contributed by atoms with E-state index in [1.807, 2.05) is 55.1 Å². The normalized spacial score (nSPS) is 17.3. The smallest absolute Gasteiger partial charge is 0.229 e. The quantitative estimate of drug-likeness (QED) is 0.691. The first kappa shape index (κ1) is 17.5. The lowest BCUT2D eigenvalue weighted by atomic mass is 9.98. The van der Waals surface area contributed by atoms with Gasteiger partial charge < -0.3 is 13.8 Å². The third-order valence-corrected chi connectivity index (χ3v) is 5.04. The molecule has 27 heavy (non-hydrogen) atoms. The molecule has 0 aliphatic carbocycles. The van der Waals surface area contributed by atoms with Gasteiger partial charge in [0.15, 0.2) is 0 Å². The number of amides is 1. The topological polar surface area (TPSA) is 72.4 Å². The number of rotatable bonds is 4. The molecule has 1 aliphatic heterocycles. The van der Waals surface area contributed by atoms with Crippen molar-refractivity contribution < 1.29 is 13.7 Å². The molecule has 0 N–H and O–H groups in total. The molecule has 1 amide bonds. The van der Waals surface area contributed by atoms with E-state index in [1.54, 1.807) is 0 Å². The number of hydrogen-bond acceptors (Lipinski definition) is 5. The van der Waals surface area contributed by atoms with Gasteiger partial charge in [0.2, 0.25) is 11.8 Å². The maximum absolute atomic E-state index is 13.0. The summed E-state index contributed by atoms with van der Waals surface area (Å²) in [6, 6.07) is 11.6. The highest BCUT2D eigenvalue weighted by Crippen LogP contribution is 2.31. The van der Waals surface area contributed by atoms with Crippen LogP contribution in [-0.4, -0.2) is 27.5 Å². The first-order valence-electron chi connectivity index (χ1n) is 9.36. The molecule has 1 fully saturated rings. The molecule has 6 heteroatoms. The summed E-state index contributed by atoms with van der Waals surface area (Å²) in [5.74, 6) is 2.06. The maximum Gasteiger partial charge on any atom is 0.229 e. The highest BCUT2D eigenvalue weighted by atomic mass is 16.5. The number of carbonyl (C=O) groups excluding carboxylic acids is 1. The van der Waals surface area contributed by atoms with Gasteiger partial charge in [0, 0.05) is 18.2 Å². The molecule has 2 aromatic heterocycles. The summed E-state index contributed by atoms with van der Waals surface area (Å²) in [4.78, 5) is 19.5. The van der Waals surface area contributed by atoms with Crippen LogP contribution in [0.15, 0.2) is 45.3 Å². The Hall–Kier alpha value is -2.89. The van der Waals surface area contributed by atoms with Gasteiger partial charge in [-0.3, -0.25) is 4.79 Å². The van der Waals surface area contributed by atoms with E-state index < -0.39 is 0 Å². The van der Waals surface area contributed by atoms with Crippen LogP contribution in [0, 0.1) is 13.8 Å². The van der Waals surface area contributed by atoms with Crippen molar-refractivity contribution in [3.8, 4) is 11.5 Å². The number of likely N-dealkylation sites (tertiary alicyclic amines) is 1. The molecule has 6 nitrogen and oxygen atoms in total. The number of aromatic nitrogens is 2. The van der Waals surface area contributed by atoms with Crippen molar-refractivity contribution in [1.82, 2.24) is 15.0 Å². The van der Waals surface area contributed by atoms with Gasteiger partial charge in [-0.2, -0.15) is 0 Å². The average Bonchev–Trinajstić information content (AvgIpc) is 3.28. The van der Waals surface area contributed by atoms with Gasteiger partial charge in [0.1, 0.15) is 17.2 Å². The standard InChI is InChI=1S/C21H23N3O3/c1-14-12-18(23-27-14)19-10-6-7-11-24(19)20(25)13-17-15(2)26-21(22-17)16-8-4-3-5-9-16/h3-5,8-9,12,19H,6-7,10-11,13H2,1-2H3/t19-/m0/s1. The van der Waals surface area contributed by atoms with E-state index in [-0.39, 0.29) is 18.4 Å². The van der Waals surface area contributed by atoms with E-state index in [0.29, 0.717) is 17.3 Å². The summed E-state index contributed by atoms with van der Waals surface area (Å²) < 4.78 is 11.0.